The third kappa shape index (κ3) is 5.06. The number of hydrazone groups is 1. The van der Waals surface area contributed by atoms with Crippen LogP contribution >= 0.6 is 23.1 Å². The average molecular weight is 503 g/mol. The number of hydrogen-bond donors (Lipinski definition) is 1. The third-order valence-corrected chi connectivity index (χ3v) is 7.27. The molecule has 2 aromatic carbocycles. The first-order chi connectivity index (χ1) is 17.0. The highest BCUT2D eigenvalue weighted by Gasteiger charge is 2.36. The van der Waals surface area contributed by atoms with Crippen LogP contribution in [0, 0.1) is 19.3 Å². The van der Waals surface area contributed by atoms with Crippen LogP contribution in [0.1, 0.15) is 21.6 Å². The molecule has 0 spiro atoms. The van der Waals surface area contributed by atoms with Crippen LogP contribution in [-0.2, 0) is 4.79 Å². The van der Waals surface area contributed by atoms with E-state index in [1.165, 1.54) is 22.3 Å². The number of thioether (sulfide) groups is 1. The molecule has 0 aliphatic carbocycles. The number of hydrogen-bond acceptors (Lipinski definition) is 7. The fraction of sp³-hybridized carbons (Fsp3) is 0.154. The van der Waals surface area contributed by atoms with E-state index in [0.29, 0.717) is 24.1 Å². The molecule has 0 atom stereocenters. The van der Waals surface area contributed by atoms with Crippen molar-refractivity contribution in [2.75, 3.05) is 13.2 Å². The van der Waals surface area contributed by atoms with Crippen molar-refractivity contribution in [2.45, 2.75) is 13.8 Å². The molecule has 3 heterocycles. The molecule has 0 saturated heterocycles. The van der Waals surface area contributed by atoms with Gasteiger partial charge in [0.15, 0.2) is 5.84 Å². The minimum absolute atomic E-state index is 0.0166. The fourth-order valence-electron chi connectivity index (χ4n) is 3.59. The molecule has 2 aliphatic heterocycles. The van der Waals surface area contributed by atoms with Crippen molar-refractivity contribution in [1.82, 2.24) is 5.01 Å². The first-order valence-corrected chi connectivity index (χ1v) is 12.6. The molecule has 1 N–H and O–H groups in total. The lowest BCUT2D eigenvalue weighted by atomic mass is 10.1. The zero-order valence-electron chi connectivity index (χ0n) is 19.1. The van der Waals surface area contributed by atoms with E-state index in [9.17, 15) is 4.79 Å². The number of nitrogens with zero attached hydrogens (tertiary/aromatic N) is 3. The van der Waals surface area contributed by atoms with Crippen LogP contribution in [-0.4, -0.2) is 40.2 Å². The number of carbonyl (C=O) groups is 1. The van der Waals surface area contributed by atoms with E-state index in [0.717, 1.165) is 26.8 Å². The first-order valence-electron chi connectivity index (χ1n) is 10.9. The van der Waals surface area contributed by atoms with E-state index in [2.05, 4.69) is 23.1 Å². The molecule has 0 bridgehead atoms. The molecule has 0 radical (unpaired) electrons. The summed E-state index contributed by atoms with van der Waals surface area (Å²) in [6.07, 6.45) is 1.65. The summed E-state index contributed by atoms with van der Waals surface area (Å²) in [4.78, 5) is 17.7. The molecule has 35 heavy (non-hydrogen) atoms. The second-order valence-electron chi connectivity index (χ2n) is 7.94. The second-order valence-corrected chi connectivity index (χ2v) is 9.84. The zero-order valence-corrected chi connectivity index (χ0v) is 20.8. The highest BCUT2D eigenvalue weighted by atomic mass is 32.2. The van der Waals surface area contributed by atoms with Gasteiger partial charge in [0, 0.05) is 0 Å². The van der Waals surface area contributed by atoms with Gasteiger partial charge in [0.2, 0.25) is 5.17 Å². The van der Waals surface area contributed by atoms with Crippen LogP contribution in [0.2, 0.25) is 0 Å². The molecule has 3 aromatic rings. The van der Waals surface area contributed by atoms with Crippen molar-refractivity contribution >= 4 is 51.1 Å². The van der Waals surface area contributed by atoms with Gasteiger partial charge in [-0.1, -0.05) is 35.9 Å². The van der Waals surface area contributed by atoms with E-state index in [-0.39, 0.29) is 11.4 Å². The molecule has 9 heteroatoms. The molecule has 0 fully saturated rings. The summed E-state index contributed by atoms with van der Waals surface area (Å²) in [7, 11) is 0. The monoisotopic (exact) mass is 502 g/mol. The molecule has 2 aliphatic rings. The van der Waals surface area contributed by atoms with E-state index in [1.54, 1.807) is 17.4 Å². The van der Waals surface area contributed by atoms with Gasteiger partial charge in [0.25, 0.3) is 5.91 Å². The SMILES string of the molecule is Cc1ccc(OCCOc2ccc(C=C3C(=N)N4N=C(c5cccs5)SC4=NC3=O)cc2)c(C)c1. The number of amides is 1. The minimum atomic E-state index is -0.444. The largest absolute Gasteiger partial charge is 0.490 e. The maximum Gasteiger partial charge on any atom is 0.283 e. The predicted molar refractivity (Wildman–Crippen MR) is 142 cm³/mol. The fourth-order valence-corrected chi connectivity index (χ4v) is 5.27. The molecule has 5 rings (SSSR count). The van der Waals surface area contributed by atoms with Crippen molar-refractivity contribution in [3.05, 3.63) is 87.1 Å². The standard InChI is InChI=1S/C26H22N4O3S2/c1-16-5-10-21(17(2)14-16)33-12-11-32-19-8-6-18(7-9-19)15-20-23(27)30-26(28-24(20)31)35-25(29-30)22-4-3-13-34-22/h3-10,13-15,27H,11-12H2,1-2H3. The van der Waals surface area contributed by atoms with Crippen LogP contribution < -0.4 is 9.47 Å². The van der Waals surface area contributed by atoms with Crippen molar-refractivity contribution < 1.29 is 14.3 Å². The summed E-state index contributed by atoms with van der Waals surface area (Å²) in [5.74, 6) is 1.13. The number of fused-ring (bicyclic) bond motifs is 1. The number of ether oxygens (including phenoxy) is 2. The predicted octanol–water partition coefficient (Wildman–Crippen LogP) is 5.49. The lowest BCUT2D eigenvalue weighted by molar-refractivity contribution is -0.114. The van der Waals surface area contributed by atoms with Crippen LogP contribution in [0.3, 0.4) is 0 Å². The Kier molecular flexibility index (Phi) is 6.52. The Bertz CT molecular complexity index is 1380. The molecule has 7 nitrogen and oxygen atoms in total. The Hall–Kier alpha value is -3.69. The normalized spacial score (nSPS) is 16.3. The number of aliphatic imine (C=N–C) groups is 1. The number of aryl methyl sites for hydroxylation is 2. The number of nitrogens with one attached hydrogen (secondary N) is 1. The van der Waals surface area contributed by atoms with E-state index >= 15 is 0 Å². The summed E-state index contributed by atoms with van der Waals surface area (Å²) in [5, 5.41) is 17.5. The quantitative estimate of drug-likeness (QED) is 0.341. The molecule has 176 valence electrons. The highest BCUT2D eigenvalue weighted by molar-refractivity contribution is 8.27. The Labute approximate surface area is 211 Å². The van der Waals surface area contributed by atoms with E-state index < -0.39 is 5.91 Å². The van der Waals surface area contributed by atoms with E-state index in [4.69, 9.17) is 14.9 Å². The van der Waals surface area contributed by atoms with Gasteiger partial charge in [-0.2, -0.15) is 15.1 Å². The zero-order chi connectivity index (χ0) is 24.4. The maximum atomic E-state index is 12.6. The lowest BCUT2D eigenvalue weighted by Gasteiger charge is -2.20. The number of thiophene rings is 1. The smallest absolute Gasteiger partial charge is 0.283 e. The molecule has 0 saturated carbocycles. The number of carbonyl (C=O) groups excluding carboxylic acids is 1. The molecule has 0 unspecified atom stereocenters. The van der Waals surface area contributed by atoms with Crippen LogP contribution in [0.4, 0.5) is 0 Å². The molecule has 1 amide bonds. The summed E-state index contributed by atoms with van der Waals surface area (Å²) < 4.78 is 11.6. The lowest BCUT2D eigenvalue weighted by Crippen LogP contribution is -2.35. The van der Waals surface area contributed by atoms with Crippen molar-refractivity contribution in [2.24, 2.45) is 10.1 Å². The Morgan fingerprint density at radius 2 is 1.86 bits per heavy atom. The Morgan fingerprint density at radius 3 is 2.60 bits per heavy atom. The van der Waals surface area contributed by atoms with Crippen LogP contribution in [0.25, 0.3) is 6.08 Å². The van der Waals surface area contributed by atoms with E-state index in [1.807, 2.05) is 60.8 Å². The third-order valence-electron chi connectivity index (χ3n) is 5.32. The van der Waals surface area contributed by atoms with Gasteiger partial charge in [0.05, 0.1) is 10.5 Å². The van der Waals surface area contributed by atoms with Crippen molar-refractivity contribution in [3.63, 3.8) is 0 Å². The minimum Gasteiger partial charge on any atom is -0.490 e. The Balaban J connectivity index is 1.21. The van der Waals surface area contributed by atoms with Gasteiger partial charge in [0.1, 0.15) is 29.8 Å². The summed E-state index contributed by atoms with van der Waals surface area (Å²) >= 11 is 2.86. The van der Waals surface area contributed by atoms with Crippen LogP contribution in [0.5, 0.6) is 11.5 Å². The average Bonchev–Trinajstić information content (AvgIpc) is 3.52. The Morgan fingerprint density at radius 1 is 1.06 bits per heavy atom. The summed E-state index contributed by atoms with van der Waals surface area (Å²) in [6, 6.07) is 17.3. The first kappa shape index (κ1) is 23.1. The van der Waals surface area contributed by atoms with Crippen LogP contribution in [0.15, 0.2) is 75.6 Å². The maximum absolute atomic E-state index is 12.6. The number of benzene rings is 2. The highest BCUT2D eigenvalue weighted by Crippen LogP contribution is 2.32. The van der Waals surface area contributed by atoms with Gasteiger partial charge in [-0.3, -0.25) is 10.2 Å². The van der Waals surface area contributed by atoms with Gasteiger partial charge < -0.3 is 9.47 Å². The van der Waals surface area contributed by atoms with Crippen molar-refractivity contribution in [3.8, 4) is 11.5 Å². The van der Waals surface area contributed by atoms with Crippen molar-refractivity contribution in [1.29, 1.82) is 5.41 Å². The molecular weight excluding hydrogens is 480 g/mol. The van der Waals surface area contributed by atoms with Gasteiger partial charge in [-0.15, -0.1) is 11.3 Å². The number of amidine groups is 2. The second kappa shape index (κ2) is 9.89. The van der Waals surface area contributed by atoms with Gasteiger partial charge >= 0.3 is 0 Å². The van der Waals surface area contributed by atoms with Gasteiger partial charge in [-0.05, 0) is 72.5 Å². The number of rotatable bonds is 7. The summed E-state index contributed by atoms with van der Waals surface area (Å²) in [6.45, 7) is 4.92. The molecular formula is C26H22N4O3S2. The topological polar surface area (TPSA) is 87.3 Å². The summed E-state index contributed by atoms with van der Waals surface area (Å²) in [5.41, 5.74) is 3.27. The van der Waals surface area contributed by atoms with Gasteiger partial charge in [-0.25, -0.2) is 0 Å². The molecule has 1 aromatic heterocycles.